The van der Waals surface area contributed by atoms with E-state index in [9.17, 15) is 14.7 Å². The van der Waals surface area contributed by atoms with Gasteiger partial charge in [-0.2, -0.15) is 0 Å². The van der Waals surface area contributed by atoms with Gasteiger partial charge in [0.25, 0.3) is 0 Å². The fourth-order valence-corrected chi connectivity index (χ4v) is 3.96. The van der Waals surface area contributed by atoms with Crippen molar-refractivity contribution in [3.63, 3.8) is 0 Å². The summed E-state index contributed by atoms with van der Waals surface area (Å²) in [5.74, 6) is -0.758. The van der Waals surface area contributed by atoms with Crippen LogP contribution < -0.4 is 0 Å². The highest BCUT2D eigenvalue weighted by molar-refractivity contribution is 6.34. The van der Waals surface area contributed by atoms with Crippen LogP contribution in [0.5, 0.6) is 0 Å². The number of carbonyl (C=O) groups excluding carboxylic acids is 2. The van der Waals surface area contributed by atoms with E-state index < -0.39 is 17.0 Å². The molecule has 0 aromatic heterocycles. The predicted octanol–water partition coefficient (Wildman–Crippen LogP) is 7.06. The summed E-state index contributed by atoms with van der Waals surface area (Å²) >= 11 is 0. The Kier molecular flexibility index (Phi) is 8.81. The lowest BCUT2D eigenvalue weighted by molar-refractivity contribution is -0.128. The zero-order valence-electron chi connectivity index (χ0n) is 20.9. The maximum atomic E-state index is 14.1. The van der Waals surface area contributed by atoms with Crippen LogP contribution in [-0.4, -0.2) is 23.8 Å². The van der Waals surface area contributed by atoms with Crippen molar-refractivity contribution in [2.24, 2.45) is 5.41 Å². The Morgan fingerprint density at radius 1 is 0.879 bits per heavy atom. The molecule has 4 nitrogen and oxygen atoms in total. The van der Waals surface area contributed by atoms with Crippen LogP contribution in [0.3, 0.4) is 0 Å². The summed E-state index contributed by atoms with van der Waals surface area (Å²) in [5, 5.41) is 11.2. The van der Waals surface area contributed by atoms with Crippen LogP contribution in [0, 0.1) is 5.41 Å². The molecule has 2 rings (SSSR count). The van der Waals surface area contributed by atoms with E-state index in [0.29, 0.717) is 36.2 Å². The molecule has 0 aliphatic heterocycles. The Morgan fingerprint density at radius 3 is 1.85 bits per heavy atom. The highest BCUT2D eigenvalue weighted by Crippen LogP contribution is 2.48. The van der Waals surface area contributed by atoms with Crippen LogP contribution in [-0.2, 0) is 14.3 Å². The third kappa shape index (κ3) is 5.81. The smallest absolute Gasteiger partial charge is 0.200 e. The number of methoxy groups -OCH3 is 1. The summed E-state index contributed by atoms with van der Waals surface area (Å²) < 4.78 is 5.84. The second-order valence-electron chi connectivity index (χ2n) is 9.30. The molecule has 0 saturated heterocycles. The summed E-state index contributed by atoms with van der Waals surface area (Å²) in [7, 11) is 1.52. The summed E-state index contributed by atoms with van der Waals surface area (Å²) in [6, 6.07) is 8.75. The molecule has 0 fully saturated rings. The summed E-state index contributed by atoms with van der Waals surface area (Å²) in [6.07, 6.45) is 7.03. The highest BCUT2D eigenvalue weighted by Gasteiger charge is 2.52. The first kappa shape index (κ1) is 26.1. The molecule has 0 bridgehead atoms. The first-order valence-electron chi connectivity index (χ1n) is 11.3. The molecule has 176 valence electrons. The van der Waals surface area contributed by atoms with E-state index in [-0.39, 0.29) is 11.3 Å². The minimum Gasteiger partial charge on any atom is -0.506 e. The number of aliphatic hydroxyl groups excluding tert-OH is 1. The number of ether oxygens (including phenoxy) is 1. The van der Waals surface area contributed by atoms with E-state index in [1.165, 1.54) is 7.11 Å². The number of ketones is 2. The van der Waals surface area contributed by atoms with Crippen molar-refractivity contribution in [1.82, 2.24) is 0 Å². The number of Topliss-reactive ketones (excluding diaryl/α,β-unsaturated/α-hetero) is 2. The van der Waals surface area contributed by atoms with Crippen molar-refractivity contribution in [3.8, 4) is 0 Å². The van der Waals surface area contributed by atoms with E-state index in [1.54, 1.807) is 24.3 Å². The van der Waals surface area contributed by atoms with Gasteiger partial charge in [0.1, 0.15) is 17.1 Å². The Bertz CT molecular complexity index is 1030. The molecule has 1 N–H and O–H groups in total. The lowest BCUT2D eigenvalue weighted by Gasteiger charge is -2.38. The van der Waals surface area contributed by atoms with Gasteiger partial charge in [0.15, 0.2) is 11.6 Å². The topological polar surface area (TPSA) is 63.6 Å². The monoisotopic (exact) mass is 448 g/mol. The maximum Gasteiger partial charge on any atom is 0.200 e. The molecular formula is C29H36O4. The molecule has 0 atom stereocenters. The lowest BCUT2D eigenvalue weighted by atomic mass is 9.65. The van der Waals surface area contributed by atoms with Gasteiger partial charge in [-0.25, -0.2) is 0 Å². The second-order valence-corrected chi connectivity index (χ2v) is 9.30. The molecule has 0 spiro atoms. The van der Waals surface area contributed by atoms with Gasteiger partial charge >= 0.3 is 0 Å². The number of hydrogen-bond acceptors (Lipinski definition) is 4. The van der Waals surface area contributed by atoms with Crippen molar-refractivity contribution < 1.29 is 19.4 Å². The van der Waals surface area contributed by atoms with Crippen LogP contribution in [0.2, 0.25) is 0 Å². The molecule has 4 heteroatoms. The van der Waals surface area contributed by atoms with Gasteiger partial charge in [-0.05, 0) is 60.8 Å². The average molecular weight is 449 g/mol. The van der Waals surface area contributed by atoms with Gasteiger partial charge in [-0.15, -0.1) is 0 Å². The van der Waals surface area contributed by atoms with Crippen molar-refractivity contribution in [2.75, 3.05) is 7.11 Å². The third-order valence-corrected chi connectivity index (χ3v) is 5.79. The maximum absolute atomic E-state index is 14.1. The fraction of sp³-hybridized carbons (Fsp3) is 0.379. The number of hydrogen-bond donors (Lipinski definition) is 1. The van der Waals surface area contributed by atoms with Crippen LogP contribution >= 0.6 is 0 Å². The minimum atomic E-state index is -1.11. The van der Waals surface area contributed by atoms with Crippen LogP contribution in [0.15, 0.2) is 82.2 Å². The first-order chi connectivity index (χ1) is 15.5. The van der Waals surface area contributed by atoms with Gasteiger partial charge in [0.05, 0.1) is 12.5 Å². The van der Waals surface area contributed by atoms with Gasteiger partial charge in [0, 0.05) is 11.1 Å². The van der Waals surface area contributed by atoms with Crippen LogP contribution in [0.4, 0.5) is 0 Å². The van der Waals surface area contributed by atoms with Crippen molar-refractivity contribution >= 4 is 17.3 Å². The Morgan fingerprint density at radius 2 is 1.39 bits per heavy atom. The van der Waals surface area contributed by atoms with E-state index in [0.717, 1.165) is 16.7 Å². The zero-order chi connectivity index (χ0) is 24.8. The minimum absolute atomic E-state index is 0.163. The van der Waals surface area contributed by atoms with E-state index >= 15 is 0 Å². The SMILES string of the molecule is COC1=C(CC=C(C)C)C(=O)/C(=C(\O)c2ccccc2)C(=O)C1(CC=C(C)C)CC=C(C)C. The number of aliphatic hydroxyl groups is 1. The molecule has 33 heavy (non-hydrogen) atoms. The van der Waals surface area contributed by atoms with E-state index in [4.69, 9.17) is 4.74 Å². The van der Waals surface area contributed by atoms with Crippen molar-refractivity contribution in [1.29, 1.82) is 0 Å². The molecule has 1 aliphatic carbocycles. The Balaban J connectivity index is 2.94. The Hall–Kier alpha value is -3.14. The fourth-order valence-electron chi connectivity index (χ4n) is 3.96. The zero-order valence-corrected chi connectivity index (χ0v) is 20.9. The normalized spacial score (nSPS) is 16.8. The molecule has 0 heterocycles. The average Bonchev–Trinajstić information content (AvgIpc) is 2.77. The number of allylic oxidation sites excluding steroid dienone is 9. The number of rotatable bonds is 8. The summed E-state index contributed by atoms with van der Waals surface area (Å²) in [4.78, 5) is 27.8. The molecular weight excluding hydrogens is 412 g/mol. The van der Waals surface area contributed by atoms with Crippen molar-refractivity contribution in [3.05, 3.63) is 87.7 Å². The molecule has 0 unspecified atom stereocenters. The Labute approximate surface area is 198 Å². The predicted molar refractivity (Wildman–Crippen MR) is 135 cm³/mol. The van der Waals surface area contributed by atoms with Gasteiger partial charge in [-0.3, -0.25) is 9.59 Å². The van der Waals surface area contributed by atoms with Crippen LogP contribution in [0.1, 0.15) is 66.4 Å². The molecule has 0 amide bonds. The molecule has 1 aliphatic rings. The largest absolute Gasteiger partial charge is 0.506 e. The first-order valence-corrected chi connectivity index (χ1v) is 11.3. The summed E-state index contributed by atoms with van der Waals surface area (Å²) in [5.41, 5.74) is 2.77. The van der Waals surface area contributed by atoms with Gasteiger partial charge in [-0.1, -0.05) is 65.3 Å². The molecule has 0 saturated carbocycles. The molecule has 1 aromatic rings. The standard InChI is InChI=1S/C29H36O4/c1-19(2)13-14-23-26(31)24(25(30)22-11-9-8-10-12-22)27(32)29(28(23)33-7,17-15-20(3)4)18-16-21(5)6/h8-13,15-16,30H,14,17-18H2,1-7H3/b25-24+. The lowest BCUT2D eigenvalue weighted by Crippen LogP contribution is -2.43. The van der Waals surface area contributed by atoms with Gasteiger partial charge in [0.2, 0.25) is 0 Å². The van der Waals surface area contributed by atoms with Gasteiger partial charge < -0.3 is 9.84 Å². The second kappa shape index (κ2) is 11.1. The van der Waals surface area contributed by atoms with Crippen molar-refractivity contribution in [2.45, 2.75) is 60.8 Å². The quantitative estimate of drug-likeness (QED) is 0.200. The molecule has 0 radical (unpaired) electrons. The highest BCUT2D eigenvalue weighted by atomic mass is 16.5. The third-order valence-electron chi connectivity index (χ3n) is 5.79. The number of carbonyl (C=O) groups is 2. The molecule has 1 aromatic carbocycles. The number of benzene rings is 1. The van der Waals surface area contributed by atoms with E-state index in [2.05, 4.69) is 0 Å². The van der Waals surface area contributed by atoms with E-state index in [1.807, 2.05) is 65.8 Å². The van der Waals surface area contributed by atoms with Crippen LogP contribution in [0.25, 0.3) is 5.76 Å². The summed E-state index contributed by atoms with van der Waals surface area (Å²) in [6.45, 7) is 11.8.